The van der Waals surface area contributed by atoms with E-state index >= 15 is 0 Å². The lowest BCUT2D eigenvalue weighted by Gasteiger charge is -2.11. The summed E-state index contributed by atoms with van der Waals surface area (Å²) in [6.07, 6.45) is -2.12. The average Bonchev–Trinajstić information content (AvgIpc) is 2.29. The lowest BCUT2D eigenvalue weighted by Crippen LogP contribution is -2.32. The molecule has 0 saturated heterocycles. The number of Topliss-reactive ketones (excluding diaryl/α,β-unsaturated/α-hetero) is 3. The van der Waals surface area contributed by atoms with Crippen molar-refractivity contribution in [3.05, 3.63) is 0 Å². The van der Waals surface area contributed by atoms with Gasteiger partial charge in [-0.25, -0.2) is 0 Å². The molecule has 66 valence electrons. The summed E-state index contributed by atoms with van der Waals surface area (Å²) in [4.78, 5) is 32.7. The Hall–Kier alpha value is -1.07. The summed E-state index contributed by atoms with van der Waals surface area (Å²) in [6, 6.07) is 0. The second kappa shape index (κ2) is 3.12. The number of ketones is 3. The minimum Gasteiger partial charge on any atom is -0.370 e. The Labute approximate surface area is 68.6 Å². The molecule has 0 heterocycles. The van der Waals surface area contributed by atoms with Crippen LogP contribution in [0.1, 0.15) is 0 Å². The number of carbonyl (C=O) groups excluding carboxylic acids is 3. The highest BCUT2D eigenvalue weighted by molar-refractivity contribution is 6.69. The number of hydrogen-bond acceptors (Lipinski definition) is 5. The summed E-state index contributed by atoms with van der Waals surface area (Å²) in [5.74, 6) is -2.68. The van der Waals surface area contributed by atoms with Gasteiger partial charge in [0.1, 0.15) is 0 Å². The standard InChI is InChI=1S/C7H8O5/c1-11-6-4(9)3(8)5(10)7(6)12-2/h6-7H,1-2H3. The molecule has 1 rings (SSSR count). The van der Waals surface area contributed by atoms with Crippen molar-refractivity contribution < 1.29 is 23.9 Å². The number of ether oxygens (including phenoxy) is 2. The fourth-order valence-electron chi connectivity index (χ4n) is 1.12. The van der Waals surface area contributed by atoms with Crippen molar-refractivity contribution in [2.75, 3.05) is 14.2 Å². The van der Waals surface area contributed by atoms with Crippen LogP contribution in [0, 0.1) is 0 Å². The third kappa shape index (κ3) is 1.07. The number of hydrogen-bond donors (Lipinski definition) is 0. The monoisotopic (exact) mass is 172 g/mol. The molecule has 0 bridgehead atoms. The molecule has 5 nitrogen and oxygen atoms in total. The Kier molecular flexibility index (Phi) is 2.35. The Morgan fingerprint density at radius 2 is 1.25 bits per heavy atom. The van der Waals surface area contributed by atoms with Gasteiger partial charge < -0.3 is 9.47 Å². The molecule has 0 N–H and O–H groups in total. The first-order chi connectivity index (χ1) is 5.63. The van der Waals surface area contributed by atoms with Gasteiger partial charge in [-0.15, -0.1) is 0 Å². The molecule has 0 spiro atoms. The Balaban J connectivity index is 2.95. The Morgan fingerprint density at radius 3 is 1.50 bits per heavy atom. The van der Waals surface area contributed by atoms with Crippen molar-refractivity contribution in [3.63, 3.8) is 0 Å². The van der Waals surface area contributed by atoms with Gasteiger partial charge in [0.2, 0.25) is 11.6 Å². The van der Waals surface area contributed by atoms with E-state index in [0.29, 0.717) is 0 Å². The molecule has 0 radical (unpaired) electrons. The van der Waals surface area contributed by atoms with Crippen LogP contribution in [0.25, 0.3) is 0 Å². The maximum absolute atomic E-state index is 10.9. The first-order valence-electron chi connectivity index (χ1n) is 3.31. The highest BCUT2D eigenvalue weighted by Gasteiger charge is 2.49. The topological polar surface area (TPSA) is 69.7 Å². The van der Waals surface area contributed by atoms with E-state index < -0.39 is 29.6 Å². The van der Waals surface area contributed by atoms with Crippen molar-refractivity contribution >= 4 is 17.3 Å². The number of methoxy groups -OCH3 is 2. The molecule has 5 heteroatoms. The fourth-order valence-corrected chi connectivity index (χ4v) is 1.12. The quantitative estimate of drug-likeness (QED) is 0.486. The smallest absolute Gasteiger partial charge is 0.269 e. The van der Waals surface area contributed by atoms with E-state index in [1.165, 1.54) is 14.2 Å². The molecule has 0 amide bonds. The molecule has 0 aromatic carbocycles. The molecule has 1 fully saturated rings. The predicted octanol–water partition coefficient (Wildman–Crippen LogP) is -1.26. The molecule has 0 aliphatic heterocycles. The van der Waals surface area contributed by atoms with Gasteiger partial charge in [-0.1, -0.05) is 0 Å². The first-order valence-corrected chi connectivity index (χ1v) is 3.31. The van der Waals surface area contributed by atoms with Crippen molar-refractivity contribution in [2.24, 2.45) is 0 Å². The lowest BCUT2D eigenvalue weighted by molar-refractivity contribution is -0.142. The number of carbonyl (C=O) groups is 3. The van der Waals surface area contributed by atoms with Crippen LogP contribution in [-0.4, -0.2) is 43.8 Å². The van der Waals surface area contributed by atoms with Gasteiger partial charge in [-0.3, -0.25) is 14.4 Å². The van der Waals surface area contributed by atoms with Gasteiger partial charge in [0.15, 0.2) is 12.2 Å². The highest BCUT2D eigenvalue weighted by atomic mass is 16.5. The summed E-state index contributed by atoms with van der Waals surface area (Å²) in [5.41, 5.74) is 0. The molecule has 1 aliphatic carbocycles. The second-order valence-electron chi connectivity index (χ2n) is 2.37. The van der Waals surface area contributed by atoms with Crippen LogP contribution >= 0.6 is 0 Å². The SMILES string of the molecule is COC1C(=O)C(=O)C(=O)C1OC. The summed E-state index contributed by atoms with van der Waals surface area (Å²) in [6.45, 7) is 0. The van der Waals surface area contributed by atoms with Gasteiger partial charge in [0.25, 0.3) is 5.78 Å². The normalized spacial score (nSPS) is 30.0. The molecule has 0 aromatic heterocycles. The second-order valence-corrected chi connectivity index (χ2v) is 2.37. The van der Waals surface area contributed by atoms with E-state index in [-0.39, 0.29) is 0 Å². The predicted molar refractivity (Wildman–Crippen MR) is 36.6 cm³/mol. The summed E-state index contributed by atoms with van der Waals surface area (Å²) in [7, 11) is 2.50. The maximum atomic E-state index is 10.9. The molecule has 2 unspecified atom stereocenters. The van der Waals surface area contributed by atoms with Crippen LogP contribution in [0.3, 0.4) is 0 Å². The zero-order valence-corrected chi connectivity index (χ0v) is 6.70. The third-order valence-electron chi connectivity index (χ3n) is 1.75. The summed E-state index contributed by atoms with van der Waals surface area (Å²) in [5, 5.41) is 0. The Morgan fingerprint density at radius 1 is 0.917 bits per heavy atom. The highest BCUT2D eigenvalue weighted by Crippen LogP contribution is 2.14. The van der Waals surface area contributed by atoms with Crippen LogP contribution in [-0.2, 0) is 23.9 Å². The fraction of sp³-hybridized carbons (Fsp3) is 0.571. The molecule has 1 aliphatic rings. The largest absolute Gasteiger partial charge is 0.370 e. The van der Waals surface area contributed by atoms with Crippen molar-refractivity contribution in [3.8, 4) is 0 Å². The zero-order chi connectivity index (χ0) is 9.30. The van der Waals surface area contributed by atoms with Gasteiger partial charge in [0.05, 0.1) is 0 Å². The van der Waals surface area contributed by atoms with Gasteiger partial charge >= 0.3 is 0 Å². The summed E-state index contributed by atoms with van der Waals surface area (Å²) >= 11 is 0. The van der Waals surface area contributed by atoms with Gasteiger partial charge in [-0.05, 0) is 0 Å². The van der Waals surface area contributed by atoms with E-state index in [4.69, 9.17) is 0 Å². The van der Waals surface area contributed by atoms with Crippen LogP contribution in [0.4, 0.5) is 0 Å². The van der Waals surface area contributed by atoms with E-state index in [0.717, 1.165) is 0 Å². The number of rotatable bonds is 2. The molecule has 2 atom stereocenters. The molecular weight excluding hydrogens is 164 g/mol. The van der Waals surface area contributed by atoms with E-state index in [9.17, 15) is 14.4 Å². The lowest BCUT2D eigenvalue weighted by atomic mass is 10.2. The van der Waals surface area contributed by atoms with Crippen LogP contribution < -0.4 is 0 Å². The molecule has 12 heavy (non-hydrogen) atoms. The van der Waals surface area contributed by atoms with Crippen molar-refractivity contribution in [1.29, 1.82) is 0 Å². The van der Waals surface area contributed by atoms with Crippen LogP contribution in [0.2, 0.25) is 0 Å². The van der Waals surface area contributed by atoms with Gasteiger partial charge in [0, 0.05) is 14.2 Å². The van der Waals surface area contributed by atoms with Gasteiger partial charge in [-0.2, -0.15) is 0 Å². The van der Waals surface area contributed by atoms with E-state index in [1.54, 1.807) is 0 Å². The molecule has 0 aromatic rings. The maximum Gasteiger partial charge on any atom is 0.269 e. The average molecular weight is 172 g/mol. The van der Waals surface area contributed by atoms with Crippen LogP contribution in [0.15, 0.2) is 0 Å². The Bertz CT molecular complexity index is 220. The van der Waals surface area contributed by atoms with Crippen molar-refractivity contribution in [2.45, 2.75) is 12.2 Å². The van der Waals surface area contributed by atoms with Crippen LogP contribution in [0.5, 0.6) is 0 Å². The minimum absolute atomic E-state index is 0.825. The van der Waals surface area contributed by atoms with E-state index in [1.807, 2.05) is 0 Å². The first kappa shape index (κ1) is 9.02. The third-order valence-corrected chi connectivity index (χ3v) is 1.75. The molecule has 1 saturated carbocycles. The van der Waals surface area contributed by atoms with Crippen molar-refractivity contribution in [1.82, 2.24) is 0 Å². The summed E-state index contributed by atoms with van der Waals surface area (Å²) < 4.78 is 9.30. The molecular formula is C7H8O5. The van der Waals surface area contributed by atoms with E-state index in [2.05, 4.69) is 9.47 Å². The zero-order valence-electron chi connectivity index (χ0n) is 6.70. The minimum atomic E-state index is -1.06.